The Kier molecular flexibility index (Phi) is 5.25. The summed E-state index contributed by atoms with van der Waals surface area (Å²) in [4.78, 5) is 13.3. The molecule has 1 saturated heterocycles. The molecule has 0 radical (unpaired) electrons. The van der Waals surface area contributed by atoms with Gasteiger partial charge in [0.1, 0.15) is 6.61 Å². The van der Waals surface area contributed by atoms with E-state index in [1.54, 1.807) is 4.90 Å². The van der Waals surface area contributed by atoms with Crippen LogP contribution in [-0.4, -0.2) is 30.1 Å². The lowest BCUT2D eigenvalue weighted by Crippen LogP contribution is -2.54. The van der Waals surface area contributed by atoms with Gasteiger partial charge in [-0.25, -0.2) is 4.79 Å². The molecule has 1 amide bonds. The molecule has 1 atom stereocenters. The zero-order valence-electron chi connectivity index (χ0n) is 9.54. The van der Waals surface area contributed by atoms with Gasteiger partial charge >= 0.3 is 6.09 Å². The summed E-state index contributed by atoms with van der Waals surface area (Å²) < 4.78 is 5.20. The van der Waals surface area contributed by atoms with Crippen LogP contribution in [0.3, 0.4) is 0 Å². The summed E-state index contributed by atoms with van der Waals surface area (Å²) in [5.41, 5.74) is 6.52. The summed E-state index contributed by atoms with van der Waals surface area (Å²) in [6.45, 7) is 1.60. The molecule has 1 aliphatic rings. The molecular weight excluding hydrogens is 240 g/mol. The Balaban J connectivity index is 0.00000144. The summed E-state index contributed by atoms with van der Waals surface area (Å²) in [7, 11) is 0. The van der Waals surface area contributed by atoms with Gasteiger partial charge in [-0.3, -0.25) is 0 Å². The molecule has 1 aromatic rings. The van der Waals surface area contributed by atoms with Gasteiger partial charge in [0.2, 0.25) is 0 Å². The molecule has 0 bridgehead atoms. The zero-order chi connectivity index (χ0) is 11.4. The van der Waals surface area contributed by atoms with Crippen LogP contribution >= 0.6 is 12.4 Å². The first kappa shape index (κ1) is 13.8. The summed E-state index contributed by atoms with van der Waals surface area (Å²) in [5, 5.41) is 0. The first-order valence-corrected chi connectivity index (χ1v) is 5.48. The molecule has 0 spiro atoms. The highest BCUT2D eigenvalue weighted by molar-refractivity contribution is 5.85. The molecule has 1 unspecified atom stereocenters. The minimum Gasteiger partial charge on any atom is -0.445 e. The largest absolute Gasteiger partial charge is 0.445 e. The van der Waals surface area contributed by atoms with Gasteiger partial charge in [-0.2, -0.15) is 0 Å². The lowest BCUT2D eigenvalue weighted by Gasteiger charge is -2.39. The second-order valence-electron chi connectivity index (χ2n) is 3.91. The monoisotopic (exact) mass is 256 g/mol. The average Bonchev–Trinajstić information content (AvgIpc) is 2.27. The van der Waals surface area contributed by atoms with E-state index in [1.165, 1.54) is 0 Å². The summed E-state index contributed by atoms with van der Waals surface area (Å²) in [5.74, 6) is 0. The number of hydrogen-bond donors (Lipinski definition) is 1. The van der Waals surface area contributed by atoms with E-state index in [4.69, 9.17) is 10.5 Å². The molecule has 5 heteroatoms. The molecule has 1 aromatic carbocycles. The van der Waals surface area contributed by atoms with Crippen LogP contribution in [0.4, 0.5) is 4.79 Å². The SMILES string of the molecule is Cl.NCC1CCN1C(=O)OCc1ccccc1. The molecule has 17 heavy (non-hydrogen) atoms. The molecule has 0 saturated carbocycles. The first-order chi connectivity index (χ1) is 7.81. The van der Waals surface area contributed by atoms with Crippen molar-refractivity contribution >= 4 is 18.5 Å². The summed E-state index contributed by atoms with van der Waals surface area (Å²) >= 11 is 0. The fraction of sp³-hybridized carbons (Fsp3) is 0.417. The maximum atomic E-state index is 11.6. The van der Waals surface area contributed by atoms with E-state index in [0.29, 0.717) is 13.2 Å². The van der Waals surface area contributed by atoms with Gasteiger partial charge in [-0.05, 0) is 12.0 Å². The van der Waals surface area contributed by atoms with Crippen LogP contribution in [0.1, 0.15) is 12.0 Å². The van der Waals surface area contributed by atoms with Crippen LogP contribution in [0.15, 0.2) is 30.3 Å². The van der Waals surface area contributed by atoms with Gasteiger partial charge in [-0.1, -0.05) is 30.3 Å². The van der Waals surface area contributed by atoms with Gasteiger partial charge in [0.05, 0.1) is 0 Å². The number of rotatable bonds is 3. The first-order valence-electron chi connectivity index (χ1n) is 5.48. The number of carbonyl (C=O) groups excluding carboxylic acids is 1. The highest BCUT2D eigenvalue weighted by Crippen LogP contribution is 2.17. The third-order valence-electron chi connectivity index (χ3n) is 2.86. The molecule has 0 aliphatic carbocycles. The van der Waals surface area contributed by atoms with Crippen molar-refractivity contribution in [2.24, 2.45) is 5.73 Å². The number of likely N-dealkylation sites (tertiary alicyclic amines) is 1. The van der Waals surface area contributed by atoms with Gasteiger partial charge in [0.25, 0.3) is 0 Å². The second-order valence-corrected chi connectivity index (χ2v) is 3.91. The second kappa shape index (κ2) is 6.47. The predicted octanol–water partition coefficient (Wildman–Crippen LogP) is 1.78. The van der Waals surface area contributed by atoms with Gasteiger partial charge in [0, 0.05) is 19.1 Å². The topological polar surface area (TPSA) is 55.6 Å². The number of nitrogens with zero attached hydrogens (tertiary/aromatic N) is 1. The molecule has 2 rings (SSSR count). The molecule has 1 heterocycles. The maximum absolute atomic E-state index is 11.6. The highest BCUT2D eigenvalue weighted by Gasteiger charge is 2.31. The van der Waals surface area contributed by atoms with Crippen molar-refractivity contribution in [3.8, 4) is 0 Å². The molecule has 0 aromatic heterocycles. The van der Waals surface area contributed by atoms with E-state index in [9.17, 15) is 4.79 Å². The normalized spacial score (nSPS) is 17.9. The minimum atomic E-state index is -0.259. The smallest absolute Gasteiger partial charge is 0.410 e. The Bertz CT molecular complexity index is 357. The van der Waals surface area contributed by atoms with Crippen molar-refractivity contribution in [2.75, 3.05) is 13.1 Å². The number of hydrogen-bond acceptors (Lipinski definition) is 3. The van der Waals surface area contributed by atoms with E-state index < -0.39 is 0 Å². The quantitative estimate of drug-likeness (QED) is 0.897. The van der Waals surface area contributed by atoms with Crippen molar-refractivity contribution in [2.45, 2.75) is 19.1 Å². The van der Waals surface area contributed by atoms with Gasteiger partial charge in [-0.15, -0.1) is 12.4 Å². The molecule has 94 valence electrons. The Morgan fingerprint density at radius 2 is 2.12 bits per heavy atom. The van der Waals surface area contributed by atoms with Crippen molar-refractivity contribution in [1.82, 2.24) is 4.90 Å². The fourth-order valence-electron chi connectivity index (χ4n) is 1.73. The molecule has 1 aliphatic heterocycles. The highest BCUT2D eigenvalue weighted by atomic mass is 35.5. The lowest BCUT2D eigenvalue weighted by atomic mass is 10.1. The van der Waals surface area contributed by atoms with Crippen LogP contribution < -0.4 is 5.73 Å². The molecule has 4 nitrogen and oxygen atoms in total. The number of carbonyl (C=O) groups is 1. The fourth-order valence-corrected chi connectivity index (χ4v) is 1.73. The Labute approximate surface area is 107 Å². The van der Waals surface area contributed by atoms with Crippen molar-refractivity contribution in [3.63, 3.8) is 0 Å². The van der Waals surface area contributed by atoms with Gasteiger partial charge in [0.15, 0.2) is 0 Å². The van der Waals surface area contributed by atoms with Crippen molar-refractivity contribution in [1.29, 1.82) is 0 Å². The number of benzene rings is 1. The lowest BCUT2D eigenvalue weighted by molar-refractivity contribution is 0.0465. The van der Waals surface area contributed by atoms with Crippen LogP contribution in [0.2, 0.25) is 0 Å². The Hall–Kier alpha value is -1.26. The van der Waals surface area contributed by atoms with E-state index in [0.717, 1.165) is 18.5 Å². The standard InChI is InChI=1S/C12H16N2O2.ClH/c13-8-11-6-7-14(11)12(15)16-9-10-4-2-1-3-5-10;/h1-5,11H,6-9,13H2;1H. The third-order valence-corrected chi connectivity index (χ3v) is 2.86. The number of halogens is 1. The van der Waals surface area contributed by atoms with Crippen LogP contribution in [0, 0.1) is 0 Å². The van der Waals surface area contributed by atoms with Crippen LogP contribution in [0.25, 0.3) is 0 Å². The van der Waals surface area contributed by atoms with E-state index in [-0.39, 0.29) is 24.5 Å². The summed E-state index contributed by atoms with van der Waals surface area (Å²) in [6, 6.07) is 9.83. The Morgan fingerprint density at radius 1 is 1.41 bits per heavy atom. The van der Waals surface area contributed by atoms with E-state index >= 15 is 0 Å². The van der Waals surface area contributed by atoms with Crippen molar-refractivity contribution < 1.29 is 9.53 Å². The summed E-state index contributed by atoms with van der Waals surface area (Å²) in [6.07, 6.45) is 0.724. The minimum absolute atomic E-state index is 0. The number of amides is 1. The maximum Gasteiger partial charge on any atom is 0.410 e. The van der Waals surface area contributed by atoms with Gasteiger partial charge < -0.3 is 15.4 Å². The van der Waals surface area contributed by atoms with Crippen molar-refractivity contribution in [3.05, 3.63) is 35.9 Å². The zero-order valence-corrected chi connectivity index (χ0v) is 10.4. The van der Waals surface area contributed by atoms with E-state index in [1.807, 2.05) is 30.3 Å². The number of nitrogens with two attached hydrogens (primary N) is 1. The number of ether oxygens (including phenoxy) is 1. The van der Waals surface area contributed by atoms with E-state index in [2.05, 4.69) is 0 Å². The van der Waals surface area contributed by atoms with Crippen LogP contribution in [-0.2, 0) is 11.3 Å². The third kappa shape index (κ3) is 3.35. The molecule has 2 N–H and O–H groups in total. The van der Waals surface area contributed by atoms with Crippen LogP contribution in [0.5, 0.6) is 0 Å². The Morgan fingerprint density at radius 3 is 2.65 bits per heavy atom. The molecular formula is C12H17ClN2O2. The molecule has 1 fully saturated rings. The average molecular weight is 257 g/mol. The predicted molar refractivity (Wildman–Crippen MR) is 68.0 cm³/mol.